The SMILES string of the molecule is CCC[C@@H](C)C(=O)NCc1cc2n(n1)CCCN(C(=O)C1CCC1)C2. The number of amides is 2. The number of carbonyl (C=O) groups excluding carboxylic acids is 2. The van der Waals surface area contributed by atoms with Gasteiger partial charge in [-0.3, -0.25) is 14.3 Å². The summed E-state index contributed by atoms with van der Waals surface area (Å²) in [6, 6.07) is 2.04. The van der Waals surface area contributed by atoms with Crippen molar-refractivity contribution < 1.29 is 9.59 Å². The molecule has 1 aromatic rings. The summed E-state index contributed by atoms with van der Waals surface area (Å²) >= 11 is 0. The van der Waals surface area contributed by atoms with E-state index in [1.54, 1.807) is 0 Å². The van der Waals surface area contributed by atoms with Crippen molar-refractivity contribution in [2.45, 2.75) is 72.0 Å². The van der Waals surface area contributed by atoms with Crippen molar-refractivity contribution in [1.29, 1.82) is 0 Å². The van der Waals surface area contributed by atoms with Crippen LogP contribution < -0.4 is 5.32 Å². The van der Waals surface area contributed by atoms with E-state index in [9.17, 15) is 9.59 Å². The Morgan fingerprint density at radius 3 is 2.80 bits per heavy atom. The molecule has 0 radical (unpaired) electrons. The Balaban J connectivity index is 1.59. The van der Waals surface area contributed by atoms with Crippen LogP contribution in [0, 0.1) is 11.8 Å². The van der Waals surface area contributed by atoms with Crippen LogP contribution in [0.1, 0.15) is 63.8 Å². The number of carbonyl (C=O) groups is 2. The fourth-order valence-electron chi connectivity index (χ4n) is 3.63. The highest BCUT2D eigenvalue weighted by Crippen LogP contribution is 2.29. The summed E-state index contributed by atoms with van der Waals surface area (Å²) in [6.45, 7) is 6.81. The first-order chi connectivity index (χ1) is 12.1. The highest BCUT2D eigenvalue weighted by molar-refractivity contribution is 5.79. The second-order valence-electron chi connectivity index (χ2n) is 7.50. The van der Waals surface area contributed by atoms with Gasteiger partial charge in [-0.05, 0) is 31.7 Å². The van der Waals surface area contributed by atoms with Crippen molar-refractivity contribution >= 4 is 11.8 Å². The van der Waals surface area contributed by atoms with Crippen LogP contribution in [0.3, 0.4) is 0 Å². The molecule has 2 heterocycles. The quantitative estimate of drug-likeness (QED) is 0.860. The van der Waals surface area contributed by atoms with Crippen molar-refractivity contribution in [3.8, 4) is 0 Å². The normalized spacial score (nSPS) is 18.9. The third-order valence-electron chi connectivity index (χ3n) is 5.44. The van der Waals surface area contributed by atoms with E-state index in [0.717, 1.165) is 56.6 Å². The lowest BCUT2D eigenvalue weighted by atomic mass is 9.84. The van der Waals surface area contributed by atoms with Gasteiger partial charge in [0.15, 0.2) is 0 Å². The summed E-state index contributed by atoms with van der Waals surface area (Å²) in [5.74, 6) is 0.685. The van der Waals surface area contributed by atoms with Gasteiger partial charge in [0.25, 0.3) is 0 Å². The van der Waals surface area contributed by atoms with Gasteiger partial charge in [-0.25, -0.2) is 0 Å². The minimum Gasteiger partial charge on any atom is -0.350 e. The Labute approximate surface area is 149 Å². The average Bonchev–Trinajstić information content (AvgIpc) is 2.81. The molecule has 3 rings (SSSR count). The summed E-state index contributed by atoms with van der Waals surface area (Å²) in [6.07, 6.45) is 6.13. The van der Waals surface area contributed by atoms with Gasteiger partial charge in [-0.1, -0.05) is 26.7 Å². The zero-order chi connectivity index (χ0) is 17.8. The predicted octanol–water partition coefficient (Wildman–Crippen LogP) is 2.47. The Bertz CT molecular complexity index is 621. The Morgan fingerprint density at radius 1 is 1.32 bits per heavy atom. The van der Waals surface area contributed by atoms with E-state index in [1.807, 2.05) is 22.6 Å². The molecule has 0 bridgehead atoms. The third-order valence-corrected chi connectivity index (χ3v) is 5.44. The van der Waals surface area contributed by atoms with Crippen LogP contribution in [0.5, 0.6) is 0 Å². The largest absolute Gasteiger partial charge is 0.350 e. The predicted molar refractivity (Wildman–Crippen MR) is 95.5 cm³/mol. The van der Waals surface area contributed by atoms with Gasteiger partial charge < -0.3 is 10.2 Å². The number of aryl methyl sites for hydroxylation is 1. The molecule has 25 heavy (non-hydrogen) atoms. The molecule has 0 unspecified atom stereocenters. The van der Waals surface area contributed by atoms with Gasteiger partial charge in [0.2, 0.25) is 11.8 Å². The maximum Gasteiger partial charge on any atom is 0.226 e. The topological polar surface area (TPSA) is 67.2 Å². The second kappa shape index (κ2) is 8.02. The molecule has 2 amide bonds. The van der Waals surface area contributed by atoms with Crippen molar-refractivity contribution in [2.24, 2.45) is 11.8 Å². The second-order valence-corrected chi connectivity index (χ2v) is 7.50. The lowest BCUT2D eigenvalue weighted by molar-refractivity contribution is -0.138. The van der Waals surface area contributed by atoms with E-state index in [4.69, 9.17) is 0 Å². The molecular weight excluding hydrogens is 316 g/mol. The number of fused-ring (bicyclic) bond motifs is 1. The maximum atomic E-state index is 12.5. The summed E-state index contributed by atoms with van der Waals surface area (Å²) in [5.41, 5.74) is 1.96. The lowest BCUT2D eigenvalue weighted by Crippen LogP contribution is -2.38. The number of hydrogen-bond acceptors (Lipinski definition) is 3. The van der Waals surface area contributed by atoms with Gasteiger partial charge >= 0.3 is 0 Å². The van der Waals surface area contributed by atoms with Crippen molar-refractivity contribution in [3.63, 3.8) is 0 Å². The summed E-state index contributed by atoms with van der Waals surface area (Å²) in [7, 11) is 0. The highest BCUT2D eigenvalue weighted by atomic mass is 16.2. The minimum atomic E-state index is 0.0426. The van der Waals surface area contributed by atoms with E-state index in [1.165, 1.54) is 6.42 Å². The molecule has 6 nitrogen and oxygen atoms in total. The molecule has 0 saturated heterocycles. The van der Waals surface area contributed by atoms with Crippen molar-refractivity contribution in [1.82, 2.24) is 20.0 Å². The first kappa shape index (κ1) is 18.0. The summed E-state index contributed by atoms with van der Waals surface area (Å²) in [5, 5.41) is 7.61. The molecule has 1 aromatic heterocycles. The van der Waals surface area contributed by atoms with Crippen LogP contribution in [0.25, 0.3) is 0 Å². The Morgan fingerprint density at radius 2 is 2.12 bits per heavy atom. The fraction of sp³-hybridized carbons (Fsp3) is 0.737. The van der Waals surface area contributed by atoms with Crippen LogP contribution in [0.15, 0.2) is 6.07 Å². The maximum absolute atomic E-state index is 12.5. The molecule has 138 valence electrons. The van der Waals surface area contributed by atoms with Crippen molar-refractivity contribution in [3.05, 3.63) is 17.5 Å². The van der Waals surface area contributed by atoms with Crippen LogP contribution in [-0.2, 0) is 29.2 Å². The number of nitrogens with zero attached hydrogens (tertiary/aromatic N) is 3. The first-order valence-corrected chi connectivity index (χ1v) is 9.70. The molecule has 6 heteroatoms. The average molecular weight is 346 g/mol. The number of rotatable bonds is 6. The monoisotopic (exact) mass is 346 g/mol. The zero-order valence-electron chi connectivity index (χ0n) is 15.5. The van der Waals surface area contributed by atoms with E-state index >= 15 is 0 Å². The molecule has 1 saturated carbocycles. The molecular formula is C19H30N4O2. The Kier molecular flexibility index (Phi) is 5.76. The summed E-state index contributed by atoms with van der Waals surface area (Å²) < 4.78 is 2.00. The van der Waals surface area contributed by atoms with Crippen molar-refractivity contribution in [2.75, 3.05) is 6.54 Å². The molecule has 1 aliphatic carbocycles. The van der Waals surface area contributed by atoms with Gasteiger partial charge in [-0.2, -0.15) is 5.10 Å². The van der Waals surface area contributed by atoms with Crippen LogP contribution in [0.4, 0.5) is 0 Å². The molecule has 2 aliphatic rings. The standard InChI is InChI=1S/C19H30N4O2/c1-3-6-14(2)18(24)20-12-16-11-17-13-22(9-5-10-23(17)21-16)19(25)15-7-4-8-15/h11,14-15H,3-10,12-13H2,1-2H3,(H,20,24)/t14-/m1/s1. The molecule has 1 aliphatic heterocycles. The summed E-state index contributed by atoms with van der Waals surface area (Å²) in [4.78, 5) is 26.6. The highest BCUT2D eigenvalue weighted by Gasteiger charge is 2.30. The molecule has 0 spiro atoms. The fourth-order valence-corrected chi connectivity index (χ4v) is 3.63. The van der Waals surface area contributed by atoms with Gasteiger partial charge in [0, 0.05) is 24.9 Å². The molecule has 1 fully saturated rings. The van der Waals surface area contributed by atoms with E-state index in [2.05, 4.69) is 17.3 Å². The third kappa shape index (κ3) is 4.22. The molecule has 1 N–H and O–H groups in total. The first-order valence-electron chi connectivity index (χ1n) is 9.70. The van der Waals surface area contributed by atoms with E-state index in [0.29, 0.717) is 19.0 Å². The molecule has 1 atom stereocenters. The smallest absolute Gasteiger partial charge is 0.226 e. The number of aromatic nitrogens is 2. The number of nitrogens with one attached hydrogen (secondary N) is 1. The Hall–Kier alpha value is -1.85. The van der Waals surface area contributed by atoms with E-state index in [-0.39, 0.29) is 17.7 Å². The number of hydrogen-bond donors (Lipinski definition) is 1. The van der Waals surface area contributed by atoms with Gasteiger partial charge in [-0.15, -0.1) is 0 Å². The van der Waals surface area contributed by atoms with Gasteiger partial charge in [0.05, 0.1) is 24.5 Å². The van der Waals surface area contributed by atoms with Crippen LogP contribution in [0.2, 0.25) is 0 Å². The lowest BCUT2D eigenvalue weighted by Gasteiger charge is -2.30. The minimum absolute atomic E-state index is 0.0426. The van der Waals surface area contributed by atoms with Gasteiger partial charge in [0.1, 0.15) is 0 Å². The van der Waals surface area contributed by atoms with E-state index < -0.39 is 0 Å². The van der Waals surface area contributed by atoms with Crippen LogP contribution >= 0.6 is 0 Å². The molecule has 0 aromatic carbocycles. The zero-order valence-corrected chi connectivity index (χ0v) is 15.5. The van der Waals surface area contributed by atoms with Crippen LogP contribution in [-0.4, -0.2) is 33.0 Å².